The van der Waals surface area contributed by atoms with Crippen LogP contribution >= 0.6 is 0 Å². The zero-order chi connectivity index (χ0) is 18.1. The average molecular weight is 349 g/mol. The van der Waals surface area contributed by atoms with Crippen molar-refractivity contribution in [1.82, 2.24) is 24.5 Å². The van der Waals surface area contributed by atoms with Gasteiger partial charge in [0.05, 0.1) is 35.7 Å². The van der Waals surface area contributed by atoms with Crippen molar-refractivity contribution in [3.63, 3.8) is 0 Å². The largest absolute Gasteiger partial charge is 0.334 e. The summed E-state index contributed by atoms with van der Waals surface area (Å²) in [5.74, 6) is 0.0667. The monoisotopic (exact) mass is 349 g/mol. The lowest BCUT2D eigenvalue weighted by Gasteiger charge is -2.24. The Labute approximate surface area is 153 Å². The SMILES string of the molecule is Cc1ccccc1-n1ncc(C(=O)N2CCC[C@H]2Cn2cccn2)c1C. The summed E-state index contributed by atoms with van der Waals surface area (Å²) in [5, 5.41) is 8.77. The summed E-state index contributed by atoms with van der Waals surface area (Å²) in [7, 11) is 0. The minimum atomic E-state index is 0.0667. The number of carbonyl (C=O) groups is 1. The van der Waals surface area contributed by atoms with Gasteiger partial charge >= 0.3 is 0 Å². The van der Waals surface area contributed by atoms with E-state index in [4.69, 9.17) is 0 Å². The first-order chi connectivity index (χ1) is 12.6. The molecule has 0 N–H and O–H groups in total. The highest BCUT2D eigenvalue weighted by molar-refractivity contribution is 5.95. The second-order valence-electron chi connectivity index (χ2n) is 6.86. The maximum atomic E-state index is 13.2. The van der Waals surface area contributed by atoms with Crippen LogP contribution in [-0.4, -0.2) is 43.0 Å². The second-order valence-corrected chi connectivity index (χ2v) is 6.86. The van der Waals surface area contributed by atoms with Gasteiger partial charge in [-0.05, 0) is 44.4 Å². The molecule has 6 heteroatoms. The number of hydrogen-bond donors (Lipinski definition) is 0. The van der Waals surface area contributed by atoms with Crippen LogP contribution in [0.3, 0.4) is 0 Å². The summed E-state index contributed by atoms with van der Waals surface area (Å²) in [6.45, 7) is 5.55. The van der Waals surface area contributed by atoms with Crippen molar-refractivity contribution >= 4 is 5.91 Å². The molecule has 0 spiro atoms. The molecule has 6 nitrogen and oxygen atoms in total. The second kappa shape index (κ2) is 6.78. The molecular formula is C20H23N5O. The first-order valence-electron chi connectivity index (χ1n) is 9.04. The molecule has 1 saturated heterocycles. The number of amides is 1. The van der Waals surface area contributed by atoms with E-state index in [0.717, 1.165) is 42.9 Å². The van der Waals surface area contributed by atoms with Crippen LogP contribution in [0.2, 0.25) is 0 Å². The summed E-state index contributed by atoms with van der Waals surface area (Å²) in [5.41, 5.74) is 3.71. The fourth-order valence-corrected chi connectivity index (χ4v) is 3.74. The predicted molar refractivity (Wildman–Crippen MR) is 99.3 cm³/mol. The predicted octanol–water partition coefficient (Wildman–Crippen LogP) is 2.99. The molecule has 3 heterocycles. The van der Waals surface area contributed by atoms with Crippen molar-refractivity contribution in [2.45, 2.75) is 39.3 Å². The molecular weight excluding hydrogens is 326 g/mol. The molecule has 0 radical (unpaired) electrons. The normalized spacial score (nSPS) is 17.0. The molecule has 3 aromatic rings. The highest BCUT2D eigenvalue weighted by Gasteiger charge is 2.31. The third-order valence-electron chi connectivity index (χ3n) is 5.18. The quantitative estimate of drug-likeness (QED) is 0.728. The van der Waals surface area contributed by atoms with Gasteiger partial charge in [-0.15, -0.1) is 0 Å². The van der Waals surface area contributed by atoms with E-state index in [1.54, 1.807) is 12.4 Å². The lowest BCUT2D eigenvalue weighted by Crippen LogP contribution is -2.38. The van der Waals surface area contributed by atoms with Crippen LogP contribution < -0.4 is 0 Å². The van der Waals surface area contributed by atoms with Crippen LogP contribution in [0, 0.1) is 13.8 Å². The van der Waals surface area contributed by atoms with E-state index < -0.39 is 0 Å². The zero-order valence-electron chi connectivity index (χ0n) is 15.2. The highest BCUT2D eigenvalue weighted by Crippen LogP contribution is 2.24. The highest BCUT2D eigenvalue weighted by atomic mass is 16.2. The number of benzene rings is 1. The number of nitrogens with zero attached hydrogens (tertiary/aromatic N) is 5. The summed E-state index contributed by atoms with van der Waals surface area (Å²) in [6.07, 6.45) is 7.46. The van der Waals surface area contributed by atoms with Gasteiger partial charge in [-0.25, -0.2) is 4.68 Å². The maximum Gasteiger partial charge on any atom is 0.257 e. The van der Waals surface area contributed by atoms with Crippen molar-refractivity contribution in [2.24, 2.45) is 0 Å². The molecule has 1 atom stereocenters. The van der Waals surface area contributed by atoms with E-state index in [2.05, 4.69) is 23.2 Å². The van der Waals surface area contributed by atoms with Crippen LogP contribution in [0.4, 0.5) is 0 Å². The molecule has 1 fully saturated rings. The van der Waals surface area contributed by atoms with Gasteiger partial charge in [-0.2, -0.15) is 10.2 Å². The molecule has 0 bridgehead atoms. The number of aromatic nitrogens is 4. The molecule has 1 aromatic carbocycles. The number of likely N-dealkylation sites (tertiary alicyclic amines) is 1. The van der Waals surface area contributed by atoms with Crippen molar-refractivity contribution in [3.8, 4) is 5.69 Å². The third kappa shape index (κ3) is 2.92. The topological polar surface area (TPSA) is 56.0 Å². The van der Waals surface area contributed by atoms with Crippen LogP contribution in [0.25, 0.3) is 5.69 Å². The van der Waals surface area contributed by atoms with Gasteiger partial charge < -0.3 is 4.90 Å². The lowest BCUT2D eigenvalue weighted by atomic mass is 10.1. The average Bonchev–Trinajstić information content (AvgIpc) is 3.37. The molecule has 134 valence electrons. The Bertz CT molecular complexity index is 912. The molecule has 2 aromatic heterocycles. The van der Waals surface area contributed by atoms with Gasteiger partial charge in [-0.1, -0.05) is 18.2 Å². The standard InChI is InChI=1S/C20H23N5O/c1-15-7-3-4-9-19(15)25-16(2)18(13-22-25)20(26)24-12-5-8-17(24)14-23-11-6-10-21-23/h3-4,6-7,9-11,13,17H,5,8,12,14H2,1-2H3/t17-/m0/s1. The van der Waals surface area contributed by atoms with Gasteiger partial charge in [0.25, 0.3) is 5.91 Å². The molecule has 26 heavy (non-hydrogen) atoms. The number of aryl methyl sites for hydroxylation is 1. The van der Waals surface area contributed by atoms with E-state index in [1.165, 1.54) is 0 Å². The molecule has 1 aliphatic rings. The molecule has 0 saturated carbocycles. The molecule has 4 rings (SSSR count). The fourth-order valence-electron chi connectivity index (χ4n) is 3.74. The van der Waals surface area contributed by atoms with E-state index in [1.807, 2.05) is 51.6 Å². The smallest absolute Gasteiger partial charge is 0.257 e. The zero-order valence-corrected chi connectivity index (χ0v) is 15.2. The third-order valence-corrected chi connectivity index (χ3v) is 5.18. The van der Waals surface area contributed by atoms with E-state index in [0.29, 0.717) is 5.56 Å². The molecule has 1 amide bonds. The Morgan fingerprint density at radius 1 is 1.19 bits per heavy atom. The fraction of sp³-hybridized carbons (Fsp3) is 0.350. The van der Waals surface area contributed by atoms with E-state index >= 15 is 0 Å². The van der Waals surface area contributed by atoms with Crippen molar-refractivity contribution in [3.05, 3.63) is 65.7 Å². The van der Waals surface area contributed by atoms with Crippen molar-refractivity contribution in [1.29, 1.82) is 0 Å². The minimum absolute atomic E-state index is 0.0667. The number of carbonyl (C=O) groups excluding carboxylic acids is 1. The van der Waals surface area contributed by atoms with Gasteiger partial charge in [0.2, 0.25) is 0 Å². The summed E-state index contributed by atoms with van der Waals surface area (Å²) >= 11 is 0. The van der Waals surface area contributed by atoms with Crippen molar-refractivity contribution in [2.75, 3.05) is 6.54 Å². The molecule has 0 unspecified atom stereocenters. The van der Waals surface area contributed by atoms with Crippen LogP contribution in [0.1, 0.15) is 34.5 Å². The van der Waals surface area contributed by atoms with Gasteiger partial charge in [0.15, 0.2) is 0 Å². The van der Waals surface area contributed by atoms with Crippen LogP contribution in [-0.2, 0) is 6.54 Å². The number of hydrogen-bond acceptors (Lipinski definition) is 3. The Kier molecular flexibility index (Phi) is 4.32. The summed E-state index contributed by atoms with van der Waals surface area (Å²) in [6, 6.07) is 10.2. The minimum Gasteiger partial charge on any atom is -0.334 e. The Morgan fingerprint density at radius 3 is 2.81 bits per heavy atom. The van der Waals surface area contributed by atoms with Gasteiger partial charge in [0.1, 0.15) is 0 Å². The lowest BCUT2D eigenvalue weighted by molar-refractivity contribution is 0.0721. The van der Waals surface area contributed by atoms with E-state index in [-0.39, 0.29) is 11.9 Å². The number of para-hydroxylation sites is 1. The molecule has 1 aliphatic heterocycles. The Hall–Kier alpha value is -2.89. The first-order valence-corrected chi connectivity index (χ1v) is 9.04. The molecule has 0 aliphatic carbocycles. The van der Waals surface area contributed by atoms with E-state index in [9.17, 15) is 4.79 Å². The maximum absolute atomic E-state index is 13.2. The van der Waals surface area contributed by atoms with Crippen LogP contribution in [0.5, 0.6) is 0 Å². The summed E-state index contributed by atoms with van der Waals surface area (Å²) in [4.78, 5) is 15.2. The number of rotatable bonds is 4. The van der Waals surface area contributed by atoms with Gasteiger partial charge in [-0.3, -0.25) is 9.48 Å². The van der Waals surface area contributed by atoms with Gasteiger partial charge in [0, 0.05) is 18.9 Å². The van der Waals surface area contributed by atoms with Crippen molar-refractivity contribution < 1.29 is 4.79 Å². The first kappa shape index (κ1) is 16.6. The summed E-state index contributed by atoms with van der Waals surface area (Å²) < 4.78 is 3.76. The Balaban J connectivity index is 1.59. The van der Waals surface area contributed by atoms with Crippen LogP contribution in [0.15, 0.2) is 48.9 Å². The Morgan fingerprint density at radius 2 is 2.04 bits per heavy atom.